The van der Waals surface area contributed by atoms with Gasteiger partial charge in [0.2, 0.25) is 0 Å². The Morgan fingerprint density at radius 1 is 1.32 bits per heavy atom. The molecule has 6 nitrogen and oxygen atoms in total. The van der Waals surface area contributed by atoms with Crippen LogP contribution in [0.4, 0.5) is 0 Å². The second-order valence-electron chi connectivity index (χ2n) is 8.93. The summed E-state index contributed by atoms with van der Waals surface area (Å²) in [6.07, 6.45) is 2.95. The highest BCUT2D eigenvalue weighted by atomic mass is 32.1. The van der Waals surface area contributed by atoms with Crippen molar-refractivity contribution in [1.82, 2.24) is 20.0 Å². The van der Waals surface area contributed by atoms with Crippen LogP contribution < -0.4 is 0 Å². The maximum atomic E-state index is 13.4. The molecule has 1 aliphatic rings. The first-order valence-electron chi connectivity index (χ1n) is 9.67. The number of carbonyl (C=O) groups excluding carboxylic acids is 1. The molecule has 0 unspecified atom stereocenters. The van der Waals surface area contributed by atoms with Crippen LogP contribution in [-0.2, 0) is 13.0 Å². The fourth-order valence-corrected chi connectivity index (χ4v) is 4.01. The Morgan fingerprint density at radius 2 is 2.07 bits per heavy atom. The van der Waals surface area contributed by atoms with Gasteiger partial charge in [0, 0.05) is 24.0 Å². The van der Waals surface area contributed by atoms with E-state index < -0.39 is 0 Å². The van der Waals surface area contributed by atoms with Crippen molar-refractivity contribution < 1.29 is 9.32 Å². The summed E-state index contributed by atoms with van der Waals surface area (Å²) >= 11 is 1.60. The summed E-state index contributed by atoms with van der Waals surface area (Å²) < 4.78 is 5.56. The molecule has 4 rings (SSSR count). The molecular weight excluding hydrogens is 372 g/mol. The minimum Gasteiger partial charge on any atom is -0.336 e. The van der Waals surface area contributed by atoms with Gasteiger partial charge in [0.05, 0.1) is 33.9 Å². The number of hydrogen-bond donors (Lipinski definition) is 0. The van der Waals surface area contributed by atoms with Crippen molar-refractivity contribution in [2.75, 3.05) is 7.05 Å². The average molecular weight is 399 g/mol. The molecule has 0 aliphatic heterocycles. The van der Waals surface area contributed by atoms with Crippen molar-refractivity contribution in [3.8, 4) is 0 Å². The average Bonchev–Trinajstić information content (AvgIpc) is 3.29. The normalized spacial score (nSPS) is 14.6. The van der Waals surface area contributed by atoms with Gasteiger partial charge < -0.3 is 9.42 Å². The smallest absolute Gasteiger partial charge is 0.259 e. The fourth-order valence-electron chi connectivity index (χ4n) is 3.41. The van der Waals surface area contributed by atoms with E-state index in [4.69, 9.17) is 4.52 Å². The number of aromatic nitrogens is 3. The van der Waals surface area contributed by atoms with E-state index in [9.17, 15) is 4.79 Å². The number of nitrogens with zero attached hydrogens (tertiary/aromatic N) is 4. The summed E-state index contributed by atoms with van der Waals surface area (Å²) in [5.41, 5.74) is 3.80. The molecule has 0 N–H and O–H groups in total. The van der Waals surface area contributed by atoms with Crippen LogP contribution in [0.1, 0.15) is 72.0 Å². The second-order valence-corrected chi connectivity index (χ2v) is 10.00. The first kappa shape index (κ1) is 19.1. The van der Waals surface area contributed by atoms with Crippen LogP contribution in [0.5, 0.6) is 0 Å². The number of carbonyl (C=O) groups is 1. The Bertz CT molecular complexity index is 1030. The molecule has 0 atom stereocenters. The van der Waals surface area contributed by atoms with Gasteiger partial charge in [-0.05, 0) is 37.7 Å². The van der Waals surface area contributed by atoms with Gasteiger partial charge >= 0.3 is 0 Å². The highest BCUT2D eigenvalue weighted by molar-refractivity contribution is 7.09. The lowest BCUT2D eigenvalue weighted by molar-refractivity contribution is 0.0785. The first-order valence-corrected chi connectivity index (χ1v) is 10.5. The van der Waals surface area contributed by atoms with Gasteiger partial charge in [-0.25, -0.2) is 9.97 Å². The van der Waals surface area contributed by atoms with Crippen LogP contribution in [0, 0.1) is 12.3 Å². The molecule has 148 valence electrons. The Kier molecular flexibility index (Phi) is 4.73. The minimum absolute atomic E-state index is 0.0311. The van der Waals surface area contributed by atoms with Crippen LogP contribution in [0.15, 0.2) is 16.0 Å². The van der Waals surface area contributed by atoms with Crippen LogP contribution in [0.3, 0.4) is 0 Å². The molecule has 1 amide bonds. The molecule has 0 spiro atoms. The predicted octanol–water partition coefficient (Wildman–Crippen LogP) is 4.73. The highest BCUT2D eigenvalue weighted by Crippen LogP contribution is 2.41. The lowest BCUT2D eigenvalue weighted by Gasteiger charge is -2.19. The van der Waals surface area contributed by atoms with Gasteiger partial charge in [0.15, 0.2) is 0 Å². The molecule has 28 heavy (non-hydrogen) atoms. The lowest BCUT2D eigenvalue weighted by atomic mass is 9.89. The number of amides is 1. The van der Waals surface area contributed by atoms with E-state index in [1.165, 1.54) is 0 Å². The zero-order valence-electron chi connectivity index (χ0n) is 17.1. The quantitative estimate of drug-likeness (QED) is 0.621. The molecule has 3 aromatic rings. The topological polar surface area (TPSA) is 72.1 Å². The molecule has 0 saturated heterocycles. The van der Waals surface area contributed by atoms with E-state index in [1.54, 1.807) is 16.2 Å². The van der Waals surface area contributed by atoms with Crippen LogP contribution in [0.2, 0.25) is 0 Å². The lowest BCUT2D eigenvalue weighted by Crippen LogP contribution is -2.27. The minimum atomic E-state index is -0.0432. The monoisotopic (exact) mass is 398 g/mol. The van der Waals surface area contributed by atoms with Crippen molar-refractivity contribution in [2.45, 2.75) is 59.4 Å². The van der Waals surface area contributed by atoms with Crippen molar-refractivity contribution in [1.29, 1.82) is 0 Å². The summed E-state index contributed by atoms with van der Waals surface area (Å²) in [7, 11) is 1.82. The zero-order chi connectivity index (χ0) is 20.1. The Hall–Kier alpha value is -2.28. The van der Waals surface area contributed by atoms with Gasteiger partial charge in [-0.1, -0.05) is 25.9 Å². The van der Waals surface area contributed by atoms with Crippen LogP contribution in [-0.4, -0.2) is 33.0 Å². The third-order valence-corrected chi connectivity index (χ3v) is 5.70. The molecule has 1 fully saturated rings. The molecule has 0 bridgehead atoms. The third kappa shape index (κ3) is 3.94. The summed E-state index contributed by atoms with van der Waals surface area (Å²) in [5, 5.41) is 8.03. The van der Waals surface area contributed by atoms with E-state index in [0.717, 1.165) is 46.7 Å². The first-order chi connectivity index (χ1) is 13.2. The van der Waals surface area contributed by atoms with Gasteiger partial charge in [-0.2, -0.15) is 0 Å². The number of pyridine rings is 1. The summed E-state index contributed by atoms with van der Waals surface area (Å²) in [5.74, 6) is 0.386. The number of thiazole rings is 1. The SMILES string of the molecule is Cc1nc(CN(C)C(=O)c2cc(C3CC3)nc3onc(CC(C)(C)C)c23)cs1. The Balaban J connectivity index is 1.74. The summed E-state index contributed by atoms with van der Waals surface area (Å²) in [6.45, 7) is 8.90. The van der Waals surface area contributed by atoms with E-state index in [1.807, 2.05) is 25.4 Å². The van der Waals surface area contributed by atoms with Gasteiger partial charge in [0.25, 0.3) is 11.6 Å². The van der Waals surface area contributed by atoms with Crippen molar-refractivity contribution in [3.63, 3.8) is 0 Å². The Morgan fingerprint density at radius 3 is 2.68 bits per heavy atom. The number of fused-ring (bicyclic) bond motifs is 1. The maximum absolute atomic E-state index is 13.4. The second kappa shape index (κ2) is 6.95. The van der Waals surface area contributed by atoms with Gasteiger partial charge in [0.1, 0.15) is 0 Å². The van der Waals surface area contributed by atoms with Crippen molar-refractivity contribution in [2.24, 2.45) is 5.41 Å². The summed E-state index contributed by atoms with van der Waals surface area (Å²) in [6, 6.07) is 1.95. The van der Waals surface area contributed by atoms with Crippen LogP contribution >= 0.6 is 11.3 Å². The maximum Gasteiger partial charge on any atom is 0.259 e. The Labute approximate surface area is 169 Å². The van der Waals surface area contributed by atoms with Gasteiger partial charge in [-0.15, -0.1) is 11.3 Å². The molecule has 1 saturated carbocycles. The molecule has 0 radical (unpaired) electrons. The number of hydrogen-bond acceptors (Lipinski definition) is 6. The standard InChI is InChI=1S/C21H26N4O2S/c1-12-22-14(11-28-12)10-25(5)20(26)15-8-16(13-6-7-13)23-19-18(15)17(24-27-19)9-21(2,3)4/h8,11,13H,6-7,9-10H2,1-5H3. The number of rotatable bonds is 5. The molecule has 3 heterocycles. The molecule has 7 heteroatoms. The van der Waals surface area contributed by atoms with E-state index in [-0.39, 0.29) is 11.3 Å². The van der Waals surface area contributed by atoms with Crippen molar-refractivity contribution >= 4 is 28.3 Å². The molecule has 1 aliphatic carbocycles. The van der Waals surface area contributed by atoms with Crippen LogP contribution in [0.25, 0.3) is 11.1 Å². The summed E-state index contributed by atoms with van der Waals surface area (Å²) in [4.78, 5) is 24.3. The zero-order valence-corrected chi connectivity index (χ0v) is 17.9. The predicted molar refractivity (Wildman–Crippen MR) is 110 cm³/mol. The highest BCUT2D eigenvalue weighted by Gasteiger charge is 2.30. The van der Waals surface area contributed by atoms with E-state index in [0.29, 0.717) is 23.7 Å². The van der Waals surface area contributed by atoms with E-state index in [2.05, 4.69) is 35.9 Å². The fraction of sp³-hybridized carbons (Fsp3) is 0.524. The van der Waals surface area contributed by atoms with E-state index >= 15 is 0 Å². The largest absolute Gasteiger partial charge is 0.336 e. The van der Waals surface area contributed by atoms with Crippen molar-refractivity contribution in [3.05, 3.63) is 39.1 Å². The molecule has 3 aromatic heterocycles. The third-order valence-electron chi connectivity index (χ3n) is 4.87. The number of aryl methyl sites for hydroxylation is 1. The van der Waals surface area contributed by atoms with Gasteiger partial charge in [-0.3, -0.25) is 4.79 Å². The molecular formula is C21H26N4O2S. The molecule has 0 aromatic carbocycles.